The molecule has 0 amide bonds. The highest BCUT2D eigenvalue weighted by molar-refractivity contribution is 5.88. The number of hydrogen-bond donors (Lipinski definition) is 2. The van der Waals surface area contributed by atoms with Crippen LogP contribution in [0.1, 0.15) is 20.7 Å². The number of ether oxygens (including phenoxy) is 2. The molecule has 0 aliphatic carbocycles. The summed E-state index contributed by atoms with van der Waals surface area (Å²) in [6.45, 7) is 0. The zero-order chi connectivity index (χ0) is 21.1. The van der Waals surface area contributed by atoms with Gasteiger partial charge < -0.3 is 19.7 Å². The molecule has 0 saturated heterocycles. The number of carbonyl (C=O) groups is 2. The summed E-state index contributed by atoms with van der Waals surface area (Å²) in [5.74, 6) is 0.299. The molecule has 0 saturated carbocycles. The molecule has 6 nitrogen and oxygen atoms in total. The second-order valence-corrected chi connectivity index (χ2v) is 6.53. The summed E-state index contributed by atoms with van der Waals surface area (Å²) >= 11 is 0. The van der Waals surface area contributed by atoms with Crippen molar-refractivity contribution in [3.8, 4) is 23.0 Å². The molecule has 0 atom stereocenters. The van der Waals surface area contributed by atoms with Gasteiger partial charge in [0, 0.05) is 0 Å². The average Bonchev–Trinajstić information content (AvgIpc) is 2.74. The smallest absolute Gasteiger partial charge is 0.335 e. The van der Waals surface area contributed by atoms with Gasteiger partial charge >= 0.3 is 11.9 Å². The van der Waals surface area contributed by atoms with Gasteiger partial charge in [0.2, 0.25) is 0 Å². The summed E-state index contributed by atoms with van der Waals surface area (Å²) < 4.78 is 11.7. The minimum absolute atomic E-state index is 0.194. The van der Waals surface area contributed by atoms with E-state index >= 15 is 0 Å². The van der Waals surface area contributed by atoms with Crippen LogP contribution in [0.5, 0.6) is 23.0 Å². The summed E-state index contributed by atoms with van der Waals surface area (Å²) in [6.07, 6.45) is 0. The van der Waals surface area contributed by atoms with Crippen LogP contribution in [0.15, 0.2) is 84.9 Å². The summed E-state index contributed by atoms with van der Waals surface area (Å²) in [7, 11) is 0. The summed E-state index contributed by atoms with van der Waals surface area (Å²) in [4.78, 5) is 21.9. The lowest BCUT2D eigenvalue weighted by Gasteiger charge is -2.10. The normalized spacial score (nSPS) is 10.5. The van der Waals surface area contributed by atoms with E-state index in [0.717, 1.165) is 10.8 Å². The van der Waals surface area contributed by atoms with Crippen LogP contribution < -0.4 is 9.47 Å². The number of carboxylic acid groups (broad SMARTS) is 2. The highest BCUT2D eigenvalue weighted by atomic mass is 16.5. The fourth-order valence-corrected chi connectivity index (χ4v) is 2.93. The molecular formula is C24H16O6. The Morgan fingerprint density at radius 2 is 0.867 bits per heavy atom. The maximum absolute atomic E-state index is 10.9. The highest BCUT2D eigenvalue weighted by Gasteiger charge is 2.06. The molecule has 0 radical (unpaired) electrons. The van der Waals surface area contributed by atoms with E-state index in [-0.39, 0.29) is 11.1 Å². The molecule has 148 valence electrons. The van der Waals surface area contributed by atoms with Crippen molar-refractivity contribution in [1.82, 2.24) is 0 Å². The largest absolute Gasteiger partial charge is 0.478 e. The molecule has 0 aliphatic heterocycles. The van der Waals surface area contributed by atoms with Crippen LogP contribution in [0, 0.1) is 0 Å². The maximum Gasteiger partial charge on any atom is 0.335 e. The van der Waals surface area contributed by atoms with E-state index in [2.05, 4.69) is 0 Å². The molecule has 0 bridgehead atoms. The summed E-state index contributed by atoms with van der Waals surface area (Å²) in [5.41, 5.74) is 0.387. The molecule has 6 heteroatoms. The second kappa shape index (κ2) is 7.97. The van der Waals surface area contributed by atoms with Crippen molar-refractivity contribution >= 4 is 22.7 Å². The monoisotopic (exact) mass is 400 g/mol. The molecule has 0 aliphatic rings. The Bertz CT molecular complexity index is 1130. The van der Waals surface area contributed by atoms with E-state index in [9.17, 15) is 9.59 Å². The van der Waals surface area contributed by atoms with E-state index in [1.165, 1.54) is 24.3 Å². The van der Waals surface area contributed by atoms with E-state index in [1.54, 1.807) is 24.3 Å². The Morgan fingerprint density at radius 3 is 1.23 bits per heavy atom. The van der Waals surface area contributed by atoms with Gasteiger partial charge in [0.1, 0.15) is 23.0 Å². The van der Waals surface area contributed by atoms with Gasteiger partial charge in [-0.2, -0.15) is 0 Å². The first-order valence-corrected chi connectivity index (χ1v) is 9.04. The van der Waals surface area contributed by atoms with Gasteiger partial charge in [0.05, 0.1) is 11.1 Å². The van der Waals surface area contributed by atoms with Crippen LogP contribution in [0.25, 0.3) is 10.8 Å². The van der Waals surface area contributed by atoms with Crippen molar-refractivity contribution in [2.75, 3.05) is 0 Å². The van der Waals surface area contributed by atoms with Crippen LogP contribution in [0.2, 0.25) is 0 Å². The van der Waals surface area contributed by atoms with Crippen molar-refractivity contribution in [1.29, 1.82) is 0 Å². The first kappa shape index (κ1) is 19.0. The van der Waals surface area contributed by atoms with Gasteiger partial charge in [-0.05, 0) is 83.6 Å². The molecule has 4 aromatic carbocycles. The predicted molar refractivity (Wildman–Crippen MR) is 111 cm³/mol. The van der Waals surface area contributed by atoms with Gasteiger partial charge in [0.15, 0.2) is 0 Å². The van der Waals surface area contributed by atoms with Gasteiger partial charge in [-0.15, -0.1) is 0 Å². The first-order valence-electron chi connectivity index (χ1n) is 9.04. The van der Waals surface area contributed by atoms with E-state index in [0.29, 0.717) is 23.0 Å². The Morgan fingerprint density at radius 1 is 0.500 bits per heavy atom. The highest BCUT2D eigenvalue weighted by Crippen LogP contribution is 2.30. The van der Waals surface area contributed by atoms with Crippen LogP contribution in [0.3, 0.4) is 0 Å². The quantitative estimate of drug-likeness (QED) is 0.424. The summed E-state index contributed by atoms with van der Waals surface area (Å²) in [5, 5.41) is 19.8. The van der Waals surface area contributed by atoms with Crippen molar-refractivity contribution in [2.45, 2.75) is 0 Å². The molecule has 2 N–H and O–H groups in total. The minimum Gasteiger partial charge on any atom is -0.478 e. The van der Waals surface area contributed by atoms with Gasteiger partial charge in [0.25, 0.3) is 0 Å². The van der Waals surface area contributed by atoms with Crippen molar-refractivity contribution in [3.63, 3.8) is 0 Å². The molecule has 0 heterocycles. The average molecular weight is 400 g/mol. The number of carboxylic acids is 2. The molecule has 0 aromatic heterocycles. The van der Waals surface area contributed by atoms with Crippen LogP contribution in [0.4, 0.5) is 0 Å². The lowest BCUT2D eigenvalue weighted by Crippen LogP contribution is -1.95. The zero-order valence-electron chi connectivity index (χ0n) is 15.6. The molecule has 30 heavy (non-hydrogen) atoms. The Kier molecular flexibility index (Phi) is 5.05. The number of aromatic carboxylic acids is 2. The van der Waals surface area contributed by atoms with Gasteiger partial charge in [-0.3, -0.25) is 0 Å². The topological polar surface area (TPSA) is 93.1 Å². The second-order valence-electron chi connectivity index (χ2n) is 6.53. The molecule has 0 unspecified atom stereocenters. The number of benzene rings is 4. The predicted octanol–water partition coefficient (Wildman–Crippen LogP) is 5.82. The Balaban J connectivity index is 1.54. The first-order chi connectivity index (χ1) is 14.5. The van der Waals surface area contributed by atoms with E-state index in [4.69, 9.17) is 19.7 Å². The van der Waals surface area contributed by atoms with Crippen molar-refractivity contribution < 1.29 is 29.3 Å². The Labute approximate surface area is 171 Å². The number of rotatable bonds is 6. The van der Waals surface area contributed by atoms with Gasteiger partial charge in [-0.1, -0.05) is 12.1 Å². The third-order valence-electron chi connectivity index (χ3n) is 4.46. The number of fused-ring (bicyclic) bond motifs is 1. The SMILES string of the molecule is O=C(O)c1ccc(Oc2ccc3ccc(Oc4ccc(C(=O)O)cc4)cc3c2)cc1. The zero-order valence-corrected chi connectivity index (χ0v) is 15.6. The van der Waals surface area contributed by atoms with E-state index in [1.807, 2.05) is 36.4 Å². The fraction of sp³-hybridized carbons (Fsp3) is 0. The standard InChI is InChI=1S/C24H16O6/c25-23(26)16-3-7-19(8-4-16)29-21-11-1-15-2-12-22(14-18(15)13-21)30-20-9-5-17(6-10-20)24(27)28/h1-14H,(H,25,26)(H,27,28). The molecule has 0 fully saturated rings. The lowest BCUT2D eigenvalue weighted by molar-refractivity contribution is 0.0686. The Hall–Kier alpha value is -4.32. The molecule has 4 aromatic rings. The van der Waals surface area contributed by atoms with Crippen LogP contribution in [-0.2, 0) is 0 Å². The molecule has 0 spiro atoms. The molecule has 4 rings (SSSR count). The lowest BCUT2D eigenvalue weighted by atomic mass is 10.1. The van der Waals surface area contributed by atoms with Crippen LogP contribution >= 0.6 is 0 Å². The number of hydrogen-bond acceptors (Lipinski definition) is 4. The minimum atomic E-state index is -0.989. The van der Waals surface area contributed by atoms with Crippen molar-refractivity contribution in [2.24, 2.45) is 0 Å². The summed E-state index contributed by atoms with van der Waals surface area (Å²) in [6, 6.07) is 23.6. The third kappa shape index (κ3) is 4.23. The third-order valence-corrected chi connectivity index (χ3v) is 4.46. The maximum atomic E-state index is 10.9. The van der Waals surface area contributed by atoms with E-state index < -0.39 is 11.9 Å². The molecular weight excluding hydrogens is 384 g/mol. The van der Waals surface area contributed by atoms with Crippen molar-refractivity contribution in [3.05, 3.63) is 96.1 Å². The fourth-order valence-electron chi connectivity index (χ4n) is 2.93. The van der Waals surface area contributed by atoms with Gasteiger partial charge in [-0.25, -0.2) is 9.59 Å². The van der Waals surface area contributed by atoms with Crippen LogP contribution in [-0.4, -0.2) is 22.2 Å².